The summed E-state index contributed by atoms with van der Waals surface area (Å²) in [6.45, 7) is 0. The smallest absolute Gasteiger partial charge is 0.288 e. The second kappa shape index (κ2) is 6.84. The van der Waals surface area contributed by atoms with Gasteiger partial charge in [-0.1, -0.05) is 33.2 Å². The molecule has 0 aliphatic carbocycles. The molecule has 0 amide bonds. The van der Waals surface area contributed by atoms with E-state index in [9.17, 15) is 14.9 Å². The summed E-state index contributed by atoms with van der Waals surface area (Å²) in [5, 5.41) is 32.5. The number of aromatic nitrogens is 6. The first kappa shape index (κ1) is 18.1. The van der Waals surface area contributed by atoms with E-state index in [2.05, 4.69) is 47.0 Å². The number of nitrogens with zero attached hydrogens (tertiary/aromatic N) is 6. The van der Waals surface area contributed by atoms with E-state index in [4.69, 9.17) is 0 Å². The van der Waals surface area contributed by atoms with Gasteiger partial charge in [-0.15, -0.1) is 0 Å². The molecule has 12 heteroatoms. The predicted octanol–water partition coefficient (Wildman–Crippen LogP) is 2.79. The van der Waals surface area contributed by atoms with E-state index >= 15 is 0 Å². The summed E-state index contributed by atoms with van der Waals surface area (Å²) in [5.74, 6) is 0.321. The molecular formula is C18H11BrN8O3. The van der Waals surface area contributed by atoms with Gasteiger partial charge in [-0.25, -0.2) is 5.10 Å². The van der Waals surface area contributed by atoms with E-state index in [1.807, 2.05) is 24.3 Å². The quantitative estimate of drug-likeness (QED) is 0.305. The first-order chi connectivity index (χ1) is 14.5. The molecule has 0 saturated carbocycles. The highest BCUT2D eigenvalue weighted by Crippen LogP contribution is 2.41. The van der Waals surface area contributed by atoms with Gasteiger partial charge in [-0.2, -0.15) is 9.78 Å². The third kappa shape index (κ3) is 2.85. The lowest BCUT2D eigenvalue weighted by atomic mass is 9.92. The Balaban J connectivity index is 1.76. The first-order valence-corrected chi connectivity index (χ1v) is 9.50. The zero-order valence-corrected chi connectivity index (χ0v) is 16.6. The summed E-state index contributed by atoms with van der Waals surface area (Å²) in [5.41, 5.74) is 2.28. The third-order valence-corrected chi connectivity index (χ3v) is 5.33. The van der Waals surface area contributed by atoms with Crippen molar-refractivity contribution >= 4 is 33.3 Å². The fourth-order valence-electron chi connectivity index (χ4n) is 3.45. The van der Waals surface area contributed by atoms with Gasteiger partial charge in [0.2, 0.25) is 5.95 Å². The highest BCUT2D eigenvalue weighted by Gasteiger charge is 2.34. The Bertz CT molecular complexity index is 1330. The SMILES string of the molecule is O=c1[nH]nc(-c2ccc([N+](=O)[O-])cc2)c2c1Nc1nnnn1[C@H]2c1ccc(Br)cc1. The fourth-order valence-corrected chi connectivity index (χ4v) is 3.72. The lowest BCUT2D eigenvalue weighted by Gasteiger charge is -2.27. The second-order valence-corrected chi connectivity index (χ2v) is 7.44. The van der Waals surface area contributed by atoms with Crippen molar-refractivity contribution in [1.29, 1.82) is 0 Å². The zero-order valence-electron chi connectivity index (χ0n) is 15.0. The summed E-state index contributed by atoms with van der Waals surface area (Å²) in [7, 11) is 0. The average Bonchev–Trinajstić information content (AvgIpc) is 3.22. The van der Waals surface area contributed by atoms with E-state index in [-0.39, 0.29) is 11.4 Å². The van der Waals surface area contributed by atoms with E-state index in [1.54, 1.807) is 16.8 Å². The standard InChI is InChI=1S/C18H11BrN8O3/c19-11-5-1-10(2-6-11)16-13-14(9-3-7-12(8-4-9)27(29)30)21-22-17(28)15(13)20-18-23-24-25-26(16)18/h1-8,16H,(H,22,28)(H,20,23,25)/t16-/m0/s1. The largest absolute Gasteiger partial charge is 0.318 e. The Morgan fingerprint density at radius 2 is 1.83 bits per heavy atom. The number of tetrazole rings is 1. The molecule has 2 aromatic heterocycles. The Kier molecular flexibility index (Phi) is 4.13. The van der Waals surface area contributed by atoms with Crippen LogP contribution < -0.4 is 10.9 Å². The number of hydrogen-bond donors (Lipinski definition) is 2. The molecule has 2 aromatic carbocycles. The molecule has 1 aliphatic rings. The number of nitro benzene ring substituents is 1. The van der Waals surface area contributed by atoms with Crippen molar-refractivity contribution in [3.8, 4) is 11.3 Å². The van der Waals surface area contributed by atoms with Crippen LogP contribution >= 0.6 is 15.9 Å². The predicted molar refractivity (Wildman–Crippen MR) is 109 cm³/mol. The average molecular weight is 467 g/mol. The summed E-state index contributed by atoms with van der Waals surface area (Å²) < 4.78 is 2.47. The molecule has 148 valence electrons. The number of nitro groups is 1. The monoisotopic (exact) mass is 466 g/mol. The summed E-state index contributed by atoms with van der Waals surface area (Å²) >= 11 is 3.42. The molecule has 3 heterocycles. The minimum atomic E-state index is -0.528. The molecule has 0 bridgehead atoms. The number of hydrogen-bond acceptors (Lipinski definition) is 8. The number of benzene rings is 2. The minimum Gasteiger partial charge on any atom is -0.318 e. The molecule has 4 aromatic rings. The maximum atomic E-state index is 12.6. The van der Waals surface area contributed by atoms with Crippen LogP contribution in [0.3, 0.4) is 0 Å². The van der Waals surface area contributed by atoms with Crippen LogP contribution in [-0.4, -0.2) is 35.3 Å². The maximum absolute atomic E-state index is 12.6. The topological polar surface area (TPSA) is 145 Å². The molecule has 0 spiro atoms. The van der Waals surface area contributed by atoms with Crippen molar-refractivity contribution in [2.24, 2.45) is 0 Å². The van der Waals surface area contributed by atoms with Crippen molar-refractivity contribution in [1.82, 2.24) is 30.4 Å². The second-order valence-electron chi connectivity index (χ2n) is 6.52. The van der Waals surface area contributed by atoms with Crippen LogP contribution in [0.1, 0.15) is 17.2 Å². The van der Waals surface area contributed by atoms with Crippen molar-refractivity contribution in [2.45, 2.75) is 6.04 Å². The summed E-state index contributed by atoms with van der Waals surface area (Å²) in [6.07, 6.45) is 0. The van der Waals surface area contributed by atoms with Crippen molar-refractivity contribution < 1.29 is 4.92 Å². The number of aromatic amines is 1. The van der Waals surface area contributed by atoms with Crippen LogP contribution in [0, 0.1) is 10.1 Å². The van der Waals surface area contributed by atoms with Crippen LogP contribution in [0.25, 0.3) is 11.3 Å². The lowest BCUT2D eigenvalue weighted by molar-refractivity contribution is -0.384. The number of nitrogens with one attached hydrogen (secondary N) is 2. The number of fused-ring (bicyclic) bond motifs is 2. The van der Waals surface area contributed by atoms with Gasteiger partial charge in [0.05, 0.1) is 10.6 Å². The van der Waals surface area contributed by atoms with Crippen LogP contribution in [-0.2, 0) is 0 Å². The zero-order chi connectivity index (χ0) is 20.8. The molecule has 0 unspecified atom stereocenters. The Labute approximate surface area is 176 Å². The highest BCUT2D eigenvalue weighted by molar-refractivity contribution is 9.10. The molecular weight excluding hydrogens is 456 g/mol. The number of rotatable bonds is 3. The fraction of sp³-hybridized carbons (Fsp3) is 0.0556. The molecule has 30 heavy (non-hydrogen) atoms. The van der Waals surface area contributed by atoms with Crippen LogP contribution in [0.5, 0.6) is 0 Å². The Morgan fingerprint density at radius 3 is 2.53 bits per heavy atom. The van der Waals surface area contributed by atoms with E-state index in [0.29, 0.717) is 22.8 Å². The van der Waals surface area contributed by atoms with Gasteiger partial charge in [0.1, 0.15) is 11.7 Å². The Hall–Kier alpha value is -3.93. The van der Waals surface area contributed by atoms with E-state index in [1.165, 1.54) is 12.1 Å². The molecule has 5 rings (SSSR count). The van der Waals surface area contributed by atoms with Gasteiger partial charge in [0.25, 0.3) is 11.2 Å². The summed E-state index contributed by atoms with van der Waals surface area (Å²) in [6, 6.07) is 13.0. The molecule has 1 atom stereocenters. The van der Waals surface area contributed by atoms with Gasteiger partial charge >= 0.3 is 0 Å². The molecule has 1 aliphatic heterocycles. The van der Waals surface area contributed by atoms with Gasteiger partial charge in [-0.3, -0.25) is 14.9 Å². The number of anilines is 2. The van der Waals surface area contributed by atoms with Crippen LogP contribution in [0.15, 0.2) is 57.8 Å². The number of H-pyrrole nitrogens is 1. The van der Waals surface area contributed by atoms with Gasteiger partial charge in [0, 0.05) is 27.7 Å². The van der Waals surface area contributed by atoms with Gasteiger partial charge in [0.15, 0.2) is 0 Å². The number of non-ortho nitro benzene ring substituents is 1. The maximum Gasteiger partial charge on any atom is 0.288 e. The number of halogens is 1. The van der Waals surface area contributed by atoms with Crippen LogP contribution in [0.2, 0.25) is 0 Å². The first-order valence-electron chi connectivity index (χ1n) is 8.70. The van der Waals surface area contributed by atoms with Crippen molar-refractivity contribution in [2.75, 3.05) is 5.32 Å². The van der Waals surface area contributed by atoms with Crippen molar-refractivity contribution in [3.63, 3.8) is 0 Å². The van der Waals surface area contributed by atoms with E-state index in [0.717, 1.165) is 10.0 Å². The van der Waals surface area contributed by atoms with Gasteiger partial charge < -0.3 is 5.32 Å². The summed E-state index contributed by atoms with van der Waals surface area (Å²) in [4.78, 5) is 23.1. The third-order valence-electron chi connectivity index (χ3n) is 4.81. The normalized spacial score (nSPS) is 14.5. The molecule has 2 N–H and O–H groups in total. The highest BCUT2D eigenvalue weighted by atomic mass is 79.9. The van der Waals surface area contributed by atoms with E-state index < -0.39 is 16.5 Å². The van der Waals surface area contributed by atoms with Gasteiger partial charge in [-0.05, 0) is 40.3 Å². The minimum absolute atomic E-state index is 0.0395. The van der Waals surface area contributed by atoms with Crippen LogP contribution in [0.4, 0.5) is 17.3 Å². The lowest BCUT2D eigenvalue weighted by Crippen LogP contribution is -2.29. The van der Waals surface area contributed by atoms with Crippen molar-refractivity contribution in [3.05, 3.63) is 84.6 Å². The Morgan fingerprint density at radius 1 is 1.10 bits per heavy atom. The molecule has 0 fully saturated rings. The molecule has 0 radical (unpaired) electrons. The molecule has 0 saturated heterocycles. The molecule has 11 nitrogen and oxygen atoms in total.